The quantitative estimate of drug-likeness (QED) is 0.198. The second-order valence-corrected chi connectivity index (χ2v) is 10.3. The van der Waals surface area contributed by atoms with E-state index in [2.05, 4.69) is 0 Å². The predicted octanol–water partition coefficient (Wildman–Crippen LogP) is 3.60. The van der Waals surface area contributed by atoms with E-state index in [1.54, 1.807) is 0 Å². The number of halogens is 2. The van der Waals surface area contributed by atoms with Gasteiger partial charge in [-0.3, -0.25) is 14.4 Å². The zero-order valence-corrected chi connectivity index (χ0v) is 22.6. The van der Waals surface area contributed by atoms with Gasteiger partial charge in [0.05, 0.1) is 20.7 Å². The molecule has 0 aromatic heterocycles. The first-order valence-corrected chi connectivity index (χ1v) is 13.3. The van der Waals surface area contributed by atoms with Gasteiger partial charge in [0, 0.05) is 20.8 Å². The van der Waals surface area contributed by atoms with Crippen molar-refractivity contribution in [2.75, 3.05) is 25.7 Å². The van der Waals surface area contributed by atoms with Crippen molar-refractivity contribution in [3.05, 3.63) is 47.5 Å². The summed E-state index contributed by atoms with van der Waals surface area (Å²) in [5, 5.41) is 0.0430. The highest BCUT2D eigenvalue weighted by Crippen LogP contribution is 2.31. The average molecular weight is 577 g/mol. The van der Waals surface area contributed by atoms with Crippen LogP contribution >= 0.6 is 23.2 Å². The van der Waals surface area contributed by atoms with E-state index in [9.17, 15) is 22.8 Å². The number of carbonyl (C=O) groups is 3. The molecule has 10 nitrogen and oxygen atoms in total. The third kappa shape index (κ3) is 9.75. The molecule has 0 aliphatic carbocycles. The molecule has 0 saturated heterocycles. The van der Waals surface area contributed by atoms with E-state index in [1.807, 2.05) is 0 Å². The van der Waals surface area contributed by atoms with Gasteiger partial charge in [0.1, 0.15) is 37.4 Å². The lowest BCUT2D eigenvalue weighted by Gasteiger charge is -2.17. The minimum atomic E-state index is -3.92. The summed E-state index contributed by atoms with van der Waals surface area (Å²) in [5.74, 6) is -1.09. The molecule has 0 radical (unpaired) electrons. The SMILES string of the molecule is CC(=O)OC[C@@H](COc1ccc(S(=O)(=O)c2ccc(OC[C@H](CCl)OC(C)=O)c(Cl)c2)cc1)OC(C)=O. The topological polar surface area (TPSA) is 132 Å². The van der Waals surface area contributed by atoms with Crippen LogP contribution in [-0.2, 0) is 38.4 Å². The summed E-state index contributed by atoms with van der Waals surface area (Å²) >= 11 is 12.0. The Labute approximate surface area is 224 Å². The fourth-order valence-corrected chi connectivity index (χ4v) is 4.63. The van der Waals surface area contributed by atoms with Crippen LogP contribution in [0.2, 0.25) is 5.02 Å². The van der Waals surface area contributed by atoms with Gasteiger partial charge in [0.15, 0.2) is 6.10 Å². The third-order valence-corrected chi connectivity index (χ3v) is 6.93. The van der Waals surface area contributed by atoms with E-state index >= 15 is 0 Å². The molecule has 37 heavy (non-hydrogen) atoms. The number of ether oxygens (including phenoxy) is 5. The summed E-state index contributed by atoms with van der Waals surface area (Å²) in [7, 11) is -3.92. The van der Waals surface area contributed by atoms with Gasteiger partial charge in [0.2, 0.25) is 9.84 Å². The maximum absolute atomic E-state index is 13.1. The van der Waals surface area contributed by atoms with E-state index in [1.165, 1.54) is 63.2 Å². The van der Waals surface area contributed by atoms with Crippen molar-refractivity contribution < 1.29 is 46.5 Å². The van der Waals surface area contributed by atoms with Crippen LogP contribution in [0, 0.1) is 0 Å². The van der Waals surface area contributed by atoms with Gasteiger partial charge in [-0.1, -0.05) is 11.6 Å². The summed E-state index contributed by atoms with van der Waals surface area (Å²) in [6.07, 6.45) is -1.52. The van der Waals surface area contributed by atoms with Crippen LogP contribution in [0.3, 0.4) is 0 Å². The van der Waals surface area contributed by atoms with Crippen LogP contribution in [0.25, 0.3) is 0 Å². The molecule has 13 heteroatoms. The fraction of sp³-hybridized carbons (Fsp3) is 0.375. The van der Waals surface area contributed by atoms with Crippen molar-refractivity contribution in [2.24, 2.45) is 0 Å². The second-order valence-electron chi connectivity index (χ2n) is 7.61. The van der Waals surface area contributed by atoms with E-state index in [-0.39, 0.29) is 46.3 Å². The molecule has 202 valence electrons. The van der Waals surface area contributed by atoms with Gasteiger partial charge in [-0.2, -0.15) is 0 Å². The molecule has 0 aliphatic rings. The lowest BCUT2D eigenvalue weighted by molar-refractivity contribution is -0.158. The van der Waals surface area contributed by atoms with Crippen LogP contribution in [0.5, 0.6) is 11.5 Å². The zero-order chi connectivity index (χ0) is 27.6. The minimum absolute atomic E-state index is 0.0139. The maximum atomic E-state index is 13.1. The van der Waals surface area contributed by atoms with Crippen molar-refractivity contribution in [1.82, 2.24) is 0 Å². The lowest BCUT2D eigenvalue weighted by Crippen LogP contribution is -2.29. The van der Waals surface area contributed by atoms with E-state index in [0.717, 1.165) is 0 Å². The fourth-order valence-electron chi connectivity index (χ4n) is 2.89. The smallest absolute Gasteiger partial charge is 0.303 e. The van der Waals surface area contributed by atoms with Crippen LogP contribution < -0.4 is 9.47 Å². The van der Waals surface area contributed by atoms with Crippen LogP contribution in [-0.4, -0.2) is 64.2 Å². The highest BCUT2D eigenvalue weighted by molar-refractivity contribution is 7.91. The Hall–Kier alpha value is -3.02. The monoisotopic (exact) mass is 576 g/mol. The van der Waals surface area contributed by atoms with Crippen LogP contribution in [0.15, 0.2) is 52.3 Å². The first kappa shape index (κ1) is 30.2. The van der Waals surface area contributed by atoms with Gasteiger partial charge < -0.3 is 23.7 Å². The Morgan fingerprint density at radius 2 is 1.35 bits per heavy atom. The Balaban J connectivity index is 2.07. The summed E-state index contributed by atoms with van der Waals surface area (Å²) in [5.41, 5.74) is 0. The molecule has 0 unspecified atom stereocenters. The van der Waals surface area contributed by atoms with Gasteiger partial charge >= 0.3 is 17.9 Å². The number of hydrogen-bond acceptors (Lipinski definition) is 10. The van der Waals surface area contributed by atoms with Crippen LogP contribution in [0.1, 0.15) is 20.8 Å². The molecule has 0 aliphatic heterocycles. The van der Waals surface area contributed by atoms with E-state index < -0.39 is 40.0 Å². The largest absolute Gasteiger partial charge is 0.490 e. The first-order chi connectivity index (χ1) is 17.4. The molecule has 0 saturated carbocycles. The van der Waals surface area contributed by atoms with Gasteiger partial charge in [-0.25, -0.2) is 8.42 Å². The Bertz CT molecular complexity index is 1200. The number of sulfone groups is 1. The van der Waals surface area contributed by atoms with Crippen molar-refractivity contribution in [3.63, 3.8) is 0 Å². The Morgan fingerprint density at radius 1 is 0.784 bits per heavy atom. The van der Waals surface area contributed by atoms with Crippen molar-refractivity contribution in [1.29, 1.82) is 0 Å². The Morgan fingerprint density at radius 3 is 1.89 bits per heavy atom. The molecule has 0 N–H and O–H groups in total. The molecule has 0 spiro atoms. The van der Waals surface area contributed by atoms with Gasteiger partial charge in [0.25, 0.3) is 0 Å². The molecule has 2 atom stereocenters. The molecule has 0 fully saturated rings. The summed E-state index contributed by atoms with van der Waals surface area (Å²) in [6, 6.07) is 9.54. The summed E-state index contributed by atoms with van der Waals surface area (Å²) in [4.78, 5) is 33.2. The standard InChI is InChI=1S/C24H26Cl2O10S/c1-15(27)32-13-20(36-17(3)29)14-33-18-4-6-21(7-5-18)37(30,31)22-8-9-24(23(26)10-22)34-12-19(11-25)35-16(2)28/h4-10,19-20H,11-14H2,1-3H3/t19-,20-/m0/s1. The van der Waals surface area contributed by atoms with Crippen molar-refractivity contribution in [3.8, 4) is 11.5 Å². The normalized spacial score (nSPS) is 12.7. The Kier molecular flexibility index (Phi) is 11.5. The molecular weight excluding hydrogens is 551 g/mol. The van der Waals surface area contributed by atoms with Crippen molar-refractivity contribution >= 4 is 50.9 Å². The number of carbonyl (C=O) groups excluding carboxylic acids is 3. The minimum Gasteiger partial charge on any atom is -0.490 e. The lowest BCUT2D eigenvalue weighted by atomic mass is 10.3. The van der Waals surface area contributed by atoms with E-state index in [0.29, 0.717) is 5.75 Å². The molecule has 2 aromatic rings. The first-order valence-electron chi connectivity index (χ1n) is 10.9. The van der Waals surface area contributed by atoms with Crippen molar-refractivity contribution in [2.45, 2.75) is 42.8 Å². The number of benzene rings is 2. The zero-order valence-electron chi connectivity index (χ0n) is 20.3. The summed E-state index contributed by atoms with van der Waals surface area (Å²) in [6.45, 7) is 3.33. The summed E-state index contributed by atoms with van der Waals surface area (Å²) < 4.78 is 52.1. The average Bonchev–Trinajstić information content (AvgIpc) is 2.83. The third-order valence-electron chi connectivity index (χ3n) is 4.52. The van der Waals surface area contributed by atoms with Crippen LogP contribution in [0.4, 0.5) is 0 Å². The highest BCUT2D eigenvalue weighted by Gasteiger charge is 2.21. The molecule has 0 bridgehead atoms. The molecule has 2 aromatic carbocycles. The van der Waals surface area contributed by atoms with E-state index in [4.69, 9.17) is 46.9 Å². The number of alkyl halides is 1. The second kappa shape index (κ2) is 14.1. The highest BCUT2D eigenvalue weighted by atomic mass is 35.5. The predicted molar refractivity (Wildman–Crippen MR) is 133 cm³/mol. The molecule has 0 amide bonds. The number of rotatable bonds is 13. The molecular formula is C24H26Cl2O10S. The number of hydrogen-bond donors (Lipinski definition) is 0. The van der Waals surface area contributed by atoms with Gasteiger partial charge in [-0.15, -0.1) is 11.6 Å². The maximum Gasteiger partial charge on any atom is 0.303 e. The molecule has 2 rings (SSSR count). The molecule has 0 heterocycles. The van der Waals surface area contributed by atoms with Gasteiger partial charge in [-0.05, 0) is 42.5 Å². The number of esters is 3.